The number of carbonyl (C=O) groups excluding carboxylic acids is 2. The summed E-state index contributed by atoms with van der Waals surface area (Å²) in [6, 6.07) is 13.5. The topological polar surface area (TPSA) is 76.1 Å². The molecule has 1 unspecified atom stereocenters. The van der Waals surface area contributed by atoms with E-state index in [1.807, 2.05) is 24.3 Å². The average Bonchev–Trinajstić information content (AvgIpc) is 3.02. The summed E-state index contributed by atoms with van der Waals surface area (Å²) < 4.78 is 11.4. The van der Waals surface area contributed by atoms with Crippen molar-refractivity contribution in [1.29, 1.82) is 0 Å². The number of likely N-dealkylation sites (N-methyl/N-ethyl adjacent to an activating group) is 1. The Hall–Kier alpha value is -3.28. The lowest BCUT2D eigenvalue weighted by molar-refractivity contribution is -0.139. The number of benzene rings is 2. The van der Waals surface area contributed by atoms with Crippen LogP contribution in [0.1, 0.15) is 50.8 Å². The van der Waals surface area contributed by atoms with Crippen molar-refractivity contribution in [2.24, 2.45) is 5.92 Å². The second kappa shape index (κ2) is 10.4. The van der Waals surface area contributed by atoms with E-state index >= 15 is 0 Å². The Morgan fingerprint density at radius 1 is 1.00 bits per heavy atom. The molecule has 6 heteroatoms. The molecule has 1 atom stereocenters. The fourth-order valence-electron chi connectivity index (χ4n) is 3.55. The van der Waals surface area contributed by atoms with Gasteiger partial charge in [0.15, 0.2) is 0 Å². The molecule has 1 N–H and O–H groups in total. The van der Waals surface area contributed by atoms with Gasteiger partial charge in [-0.1, -0.05) is 39.3 Å². The number of unbranched alkanes of at least 4 members (excludes halogenated alkanes) is 1. The lowest BCUT2D eigenvalue weighted by atomic mass is 9.95. The Kier molecular flexibility index (Phi) is 7.57. The summed E-state index contributed by atoms with van der Waals surface area (Å²) in [7, 11) is 1.57. The van der Waals surface area contributed by atoms with E-state index in [2.05, 4.69) is 20.8 Å². The molecule has 0 spiro atoms. The first kappa shape index (κ1) is 23.4. The van der Waals surface area contributed by atoms with Crippen molar-refractivity contribution in [2.75, 3.05) is 20.3 Å². The van der Waals surface area contributed by atoms with Crippen LogP contribution in [0.2, 0.25) is 0 Å². The highest BCUT2D eigenvalue weighted by Crippen LogP contribution is 2.39. The van der Waals surface area contributed by atoms with E-state index in [9.17, 15) is 14.7 Å². The summed E-state index contributed by atoms with van der Waals surface area (Å²) in [5.74, 6) is 0.271. The maximum Gasteiger partial charge on any atom is 0.295 e. The van der Waals surface area contributed by atoms with Gasteiger partial charge in [0.2, 0.25) is 0 Å². The van der Waals surface area contributed by atoms with Gasteiger partial charge in [0.1, 0.15) is 17.3 Å². The van der Waals surface area contributed by atoms with Gasteiger partial charge >= 0.3 is 0 Å². The number of hydrogen-bond donors (Lipinski definition) is 1. The summed E-state index contributed by atoms with van der Waals surface area (Å²) in [6.45, 7) is 7.45. The Morgan fingerprint density at radius 3 is 2.19 bits per heavy atom. The molecule has 170 valence electrons. The Morgan fingerprint density at radius 2 is 1.59 bits per heavy atom. The lowest BCUT2D eigenvalue weighted by Crippen LogP contribution is -2.24. The van der Waals surface area contributed by atoms with Crippen LogP contribution >= 0.6 is 0 Å². The maximum atomic E-state index is 12.7. The van der Waals surface area contributed by atoms with Gasteiger partial charge in [-0.25, -0.2) is 0 Å². The Labute approximate surface area is 189 Å². The van der Waals surface area contributed by atoms with E-state index in [4.69, 9.17) is 9.47 Å². The molecular weight excluding hydrogens is 406 g/mol. The van der Waals surface area contributed by atoms with Crippen molar-refractivity contribution < 1.29 is 24.2 Å². The molecule has 0 bridgehead atoms. The van der Waals surface area contributed by atoms with Gasteiger partial charge in [0.25, 0.3) is 11.7 Å². The number of ether oxygens (including phenoxy) is 2. The minimum absolute atomic E-state index is 0.0769. The highest BCUT2D eigenvalue weighted by atomic mass is 16.5. The van der Waals surface area contributed by atoms with Crippen molar-refractivity contribution in [3.05, 3.63) is 65.2 Å². The molecule has 1 aliphatic rings. The third-order valence-electron chi connectivity index (χ3n) is 5.35. The van der Waals surface area contributed by atoms with Crippen LogP contribution in [-0.2, 0) is 9.59 Å². The van der Waals surface area contributed by atoms with Crippen LogP contribution in [0, 0.1) is 5.92 Å². The maximum absolute atomic E-state index is 12.7. The van der Waals surface area contributed by atoms with Crippen molar-refractivity contribution in [2.45, 2.75) is 39.7 Å². The highest BCUT2D eigenvalue weighted by Gasteiger charge is 2.44. The minimum Gasteiger partial charge on any atom is -0.507 e. The van der Waals surface area contributed by atoms with Crippen molar-refractivity contribution >= 4 is 17.4 Å². The molecular formula is C26H31NO5. The zero-order chi connectivity index (χ0) is 23.3. The second-order valence-electron chi connectivity index (χ2n) is 8.41. The van der Waals surface area contributed by atoms with E-state index in [-0.39, 0.29) is 11.3 Å². The molecule has 1 heterocycles. The molecule has 1 saturated heterocycles. The van der Waals surface area contributed by atoms with Crippen LogP contribution in [0.25, 0.3) is 5.76 Å². The van der Waals surface area contributed by atoms with Crippen molar-refractivity contribution in [3.63, 3.8) is 0 Å². The lowest BCUT2D eigenvalue weighted by Gasteiger charge is -2.21. The number of likely N-dealkylation sites (tertiary alicyclic amines) is 1. The smallest absolute Gasteiger partial charge is 0.295 e. The third kappa shape index (κ3) is 5.13. The SMILES string of the molecule is CCCCOc1ccc(C2C(=C(O)c3ccc(OCC(C)C)cc3)C(=O)C(=O)N2C)cc1. The van der Waals surface area contributed by atoms with Crippen LogP contribution in [0.3, 0.4) is 0 Å². The number of ketones is 1. The number of carbonyl (C=O) groups is 2. The largest absolute Gasteiger partial charge is 0.507 e. The van der Waals surface area contributed by atoms with E-state index in [0.29, 0.717) is 30.4 Å². The molecule has 1 amide bonds. The van der Waals surface area contributed by atoms with Gasteiger partial charge in [-0.3, -0.25) is 9.59 Å². The standard InChI is InChI=1S/C26H31NO5/c1-5-6-15-31-20-11-7-18(8-12-20)23-22(25(29)26(30)27(23)4)24(28)19-9-13-21(14-10-19)32-16-17(2)3/h7-14,17,23,28H,5-6,15-16H2,1-4H3. The molecule has 1 fully saturated rings. The molecule has 6 nitrogen and oxygen atoms in total. The predicted molar refractivity (Wildman–Crippen MR) is 124 cm³/mol. The summed E-state index contributed by atoms with van der Waals surface area (Å²) in [5, 5.41) is 11.0. The van der Waals surface area contributed by atoms with Gasteiger partial charge in [-0.2, -0.15) is 0 Å². The third-order valence-corrected chi connectivity index (χ3v) is 5.35. The van der Waals surface area contributed by atoms with Gasteiger partial charge in [-0.05, 0) is 54.3 Å². The number of nitrogens with zero attached hydrogens (tertiary/aromatic N) is 1. The first-order valence-corrected chi connectivity index (χ1v) is 11.0. The number of Topliss-reactive ketones (excluding diaryl/α,β-unsaturated/α-hetero) is 1. The molecule has 1 aliphatic heterocycles. The number of aliphatic hydroxyl groups excluding tert-OH is 1. The van der Waals surface area contributed by atoms with Crippen LogP contribution in [-0.4, -0.2) is 42.0 Å². The summed E-state index contributed by atoms with van der Waals surface area (Å²) in [5.41, 5.74) is 1.26. The van der Waals surface area contributed by atoms with Gasteiger partial charge in [0.05, 0.1) is 24.8 Å². The molecule has 0 saturated carbocycles. The van der Waals surface area contributed by atoms with E-state index in [0.717, 1.165) is 24.2 Å². The zero-order valence-corrected chi connectivity index (χ0v) is 19.1. The Balaban J connectivity index is 1.89. The van der Waals surface area contributed by atoms with Gasteiger partial charge in [0, 0.05) is 12.6 Å². The average molecular weight is 438 g/mol. The fourth-order valence-corrected chi connectivity index (χ4v) is 3.55. The summed E-state index contributed by atoms with van der Waals surface area (Å²) >= 11 is 0. The van der Waals surface area contributed by atoms with Crippen LogP contribution in [0.4, 0.5) is 0 Å². The van der Waals surface area contributed by atoms with Crippen molar-refractivity contribution in [3.8, 4) is 11.5 Å². The molecule has 2 aromatic carbocycles. The van der Waals surface area contributed by atoms with Gasteiger partial charge in [-0.15, -0.1) is 0 Å². The van der Waals surface area contributed by atoms with Gasteiger partial charge < -0.3 is 19.5 Å². The normalized spacial score (nSPS) is 17.8. The molecule has 0 aromatic heterocycles. The summed E-state index contributed by atoms with van der Waals surface area (Å²) in [6.07, 6.45) is 2.02. The number of aliphatic hydroxyl groups is 1. The van der Waals surface area contributed by atoms with Crippen LogP contribution in [0.15, 0.2) is 54.1 Å². The predicted octanol–water partition coefficient (Wildman–Crippen LogP) is 4.95. The number of hydrogen-bond acceptors (Lipinski definition) is 5. The second-order valence-corrected chi connectivity index (χ2v) is 8.41. The first-order valence-electron chi connectivity index (χ1n) is 11.0. The molecule has 2 aromatic rings. The fraction of sp³-hybridized carbons (Fsp3) is 0.385. The number of amides is 1. The molecule has 0 aliphatic carbocycles. The molecule has 32 heavy (non-hydrogen) atoms. The number of rotatable bonds is 9. The van der Waals surface area contributed by atoms with Crippen LogP contribution < -0.4 is 9.47 Å². The zero-order valence-electron chi connectivity index (χ0n) is 19.1. The molecule has 3 rings (SSSR count). The minimum atomic E-state index is -0.696. The highest BCUT2D eigenvalue weighted by molar-refractivity contribution is 6.46. The van der Waals surface area contributed by atoms with E-state index < -0.39 is 17.7 Å². The van der Waals surface area contributed by atoms with Crippen LogP contribution in [0.5, 0.6) is 11.5 Å². The first-order chi connectivity index (χ1) is 15.3. The quantitative estimate of drug-likeness (QED) is 0.260. The van der Waals surface area contributed by atoms with E-state index in [1.165, 1.54) is 4.90 Å². The Bertz CT molecular complexity index is 976. The van der Waals surface area contributed by atoms with E-state index in [1.54, 1.807) is 31.3 Å². The monoisotopic (exact) mass is 437 g/mol. The van der Waals surface area contributed by atoms with Crippen molar-refractivity contribution in [1.82, 2.24) is 4.90 Å². The summed E-state index contributed by atoms with van der Waals surface area (Å²) in [4.78, 5) is 26.6. The molecule has 0 radical (unpaired) electrons.